The number of hydrogen-bond donors (Lipinski definition) is 1. The lowest BCUT2D eigenvalue weighted by Crippen LogP contribution is -2.28. The Morgan fingerprint density at radius 1 is 1.24 bits per heavy atom. The number of amides is 1. The van der Waals surface area contributed by atoms with Crippen LogP contribution in [0.3, 0.4) is 0 Å². The zero-order valence-corrected chi connectivity index (χ0v) is 18.6. The first kappa shape index (κ1) is 22.8. The molecule has 1 N–H and O–H groups in total. The van der Waals surface area contributed by atoms with Crippen molar-refractivity contribution in [2.45, 2.75) is 57.8 Å². The highest BCUT2D eigenvalue weighted by Crippen LogP contribution is 2.51. The molecule has 6 nitrogen and oxygen atoms in total. The van der Waals surface area contributed by atoms with Gasteiger partial charge < -0.3 is 14.4 Å². The summed E-state index contributed by atoms with van der Waals surface area (Å²) in [6, 6.07) is 14.3. The average Bonchev–Trinajstić information content (AvgIpc) is 3.55. The molecule has 0 radical (unpaired) electrons. The zero-order chi connectivity index (χ0) is 23.5. The number of carbonyl (C=O) groups is 1. The van der Waals surface area contributed by atoms with E-state index >= 15 is 0 Å². The smallest absolute Gasteiger partial charge is 0.411 e. The quantitative estimate of drug-likeness (QED) is 0.512. The van der Waals surface area contributed by atoms with Crippen molar-refractivity contribution >= 4 is 17.5 Å². The van der Waals surface area contributed by atoms with Gasteiger partial charge in [0.25, 0.3) is 0 Å². The summed E-state index contributed by atoms with van der Waals surface area (Å²) in [5.41, 5.74) is 3.08. The molecule has 33 heavy (non-hydrogen) atoms. The first-order valence-electron chi connectivity index (χ1n) is 11.2. The summed E-state index contributed by atoms with van der Waals surface area (Å²) in [4.78, 5) is 14.1. The fraction of sp³-hybridized carbons (Fsp3) is 0.440. The van der Waals surface area contributed by atoms with E-state index in [1.54, 1.807) is 24.3 Å². The van der Waals surface area contributed by atoms with Gasteiger partial charge in [0.05, 0.1) is 18.0 Å². The van der Waals surface area contributed by atoms with Crippen LogP contribution in [0.15, 0.2) is 42.5 Å². The Morgan fingerprint density at radius 3 is 2.58 bits per heavy atom. The molecule has 1 fully saturated rings. The van der Waals surface area contributed by atoms with Crippen LogP contribution in [0, 0.1) is 17.2 Å². The second-order valence-corrected chi connectivity index (χ2v) is 8.62. The average molecular weight is 456 g/mol. The molecular weight excluding hydrogens is 428 g/mol. The van der Waals surface area contributed by atoms with E-state index in [2.05, 4.69) is 21.0 Å². The van der Waals surface area contributed by atoms with Crippen molar-refractivity contribution in [3.05, 3.63) is 53.6 Å². The number of halogens is 2. The second-order valence-electron chi connectivity index (χ2n) is 8.62. The number of rotatable bonds is 8. The van der Waals surface area contributed by atoms with Crippen LogP contribution >= 0.6 is 0 Å². The summed E-state index contributed by atoms with van der Waals surface area (Å²) in [5.74, 6) is 0.156. The third-order valence-corrected chi connectivity index (χ3v) is 6.20. The Balaban J connectivity index is 1.59. The lowest BCUT2D eigenvalue weighted by atomic mass is 9.91. The Bertz CT molecular complexity index is 1030. The molecule has 0 bridgehead atoms. The van der Waals surface area contributed by atoms with E-state index in [0.29, 0.717) is 11.6 Å². The normalized spacial score (nSPS) is 20.2. The van der Waals surface area contributed by atoms with Crippen LogP contribution < -0.4 is 15.0 Å². The number of carbonyl (C=O) groups excluding carboxylic acids is 1. The number of anilines is 2. The number of nitrogens with zero attached hydrogens (tertiary/aromatic N) is 2. The third-order valence-electron chi connectivity index (χ3n) is 6.20. The number of fused-ring (bicyclic) bond motifs is 1. The molecule has 3 atom stereocenters. The van der Waals surface area contributed by atoms with Gasteiger partial charge in [-0.15, -0.1) is 0 Å². The van der Waals surface area contributed by atoms with Gasteiger partial charge in [-0.05, 0) is 61.4 Å². The number of alkyl halides is 2. The number of ether oxygens (including phenoxy) is 2. The third kappa shape index (κ3) is 5.19. The molecular formula is C25H27F2N3O3. The van der Waals surface area contributed by atoms with E-state index in [1.807, 2.05) is 26.0 Å². The predicted octanol–water partition coefficient (Wildman–Crippen LogP) is 6.21. The summed E-state index contributed by atoms with van der Waals surface area (Å²) in [7, 11) is 0. The van der Waals surface area contributed by atoms with E-state index in [-0.39, 0.29) is 17.9 Å². The number of hydrogen-bond acceptors (Lipinski definition) is 5. The molecule has 1 saturated carbocycles. The number of nitriles is 1. The topological polar surface area (TPSA) is 74.6 Å². The predicted molar refractivity (Wildman–Crippen MR) is 121 cm³/mol. The van der Waals surface area contributed by atoms with Crippen molar-refractivity contribution in [3.63, 3.8) is 0 Å². The SMILES string of the molecule is CCC(C)OC(=O)Nc1ccc(C2C(C#N)c3ccc(OC(F)F)cc3N2CC2CC2)cc1. The maximum absolute atomic E-state index is 12.8. The van der Waals surface area contributed by atoms with E-state index in [0.717, 1.165) is 42.6 Å². The Morgan fingerprint density at radius 2 is 1.97 bits per heavy atom. The van der Waals surface area contributed by atoms with Crippen LogP contribution in [0.5, 0.6) is 5.75 Å². The molecule has 3 unspecified atom stereocenters. The summed E-state index contributed by atoms with van der Waals surface area (Å²) < 4.78 is 35.4. The highest BCUT2D eigenvalue weighted by Gasteiger charge is 2.42. The highest BCUT2D eigenvalue weighted by atomic mass is 19.3. The van der Waals surface area contributed by atoms with Crippen LogP contribution in [-0.2, 0) is 4.74 Å². The minimum absolute atomic E-state index is 0.0845. The molecule has 2 aromatic carbocycles. The summed E-state index contributed by atoms with van der Waals surface area (Å²) in [6.45, 7) is 1.61. The second kappa shape index (κ2) is 9.65. The fourth-order valence-electron chi connectivity index (χ4n) is 4.19. The fourth-order valence-corrected chi connectivity index (χ4v) is 4.19. The van der Waals surface area contributed by atoms with E-state index in [1.165, 1.54) is 6.07 Å². The van der Waals surface area contributed by atoms with Crippen molar-refractivity contribution in [2.24, 2.45) is 5.92 Å². The highest BCUT2D eigenvalue weighted by molar-refractivity contribution is 5.84. The van der Waals surface area contributed by atoms with Crippen LogP contribution in [0.4, 0.5) is 25.0 Å². The molecule has 2 aromatic rings. The van der Waals surface area contributed by atoms with Gasteiger partial charge in [-0.1, -0.05) is 25.1 Å². The first-order valence-corrected chi connectivity index (χ1v) is 11.2. The van der Waals surface area contributed by atoms with Gasteiger partial charge in [0.15, 0.2) is 0 Å². The summed E-state index contributed by atoms with van der Waals surface area (Å²) in [5, 5.41) is 12.7. The molecule has 0 saturated heterocycles. The Labute approximate surface area is 192 Å². The lowest BCUT2D eigenvalue weighted by molar-refractivity contribution is -0.0498. The molecule has 0 spiro atoms. The van der Waals surface area contributed by atoms with Crippen LogP contribution in [0.25, 0.3) is 0 Å². The molecule has 4 rings (SSSR count). The van der Waals surface area contributed by atoms with Gasteiger partial charge in [-0.25, -0.2) is 4.79 Å². The van der Waals surface area contributed by atoms with Gasteiger partial charge in [-0.3, -0.25) is 5.32 Å². The van der Waals surface area contributed by atoms with Crippen LogP contribution in [0.2, 0.25) is 0 Å². The van der Waals surface area contributed by atoms with Crippen molar-refractivity contribution in [1.29, 1.82) is 5.26 Å². The summed E-state index contributed by atoms with van der Waals surface area (Å²) in [6.07, 6.45) is 2.27. The molecule has 2 aliphatic rings. The molecule has 174 valence electrons. The minimum Gasteiger partial charge on any atom is -0.446 e. The Kier molecular flexibility index (Phi) is 6.68. The zero-order valence-electron chi connectivity index (χ0n) is 18.6. The maximum atomic E-state index is 12.8. The monoisotopic (exact) mass is 455 g/mol. The summed E-state index contributed by atoms with van der Waals surface area (Å²) >= 11 is 0. The van der Waals surface area contributed by atoms with Crippen molar-refractivity contribution in [2.75, 3.05) is 16.8 Å². The van der Waals surface area contributed by atoms with Crippen molar-refractivity contribution in [1.82, 2.24) is 0 Å². The van der Waals surface area contributed by atoms with E-state index in [9.17, 15) is 18.8 Å². The van der Waals surface area contributed by atoms with Gasteiger partial charge in [0.2, 0.25) is 0 Å². The molecule has 1 heterocycles. The van der Waals surface area contributed by atoms with Crippen LogP contribution in [-0.4, -0.2) is 25.4 Å². The van der Waals surface area contributed by atoms with Gasteiger partial charge >= 0.3 is 12.7 Å². The molecule has 0 aromatic heterocycles. The van der Waals surface area contributed by atoms with Gasteiger partial charge in [0.1, 0.15) is 11.9 Å². The Hall–Kier alpha value is -3.34. The molecule has 1 amide bonds. The molecule has 1 aliphatic carbocycles. The molecule has 1 aliphatic heterocycles. The molecule has 8 heteroatoms. The maximum Gasteiger partial charge on any atom is 0.411 e. The first-order chi connectivity index (χ1) is 15.9. The van der Waals surface area contributed by atoms with E-state index in [4.69, 9.17) is 4.74 Å². The van der Waals surface area contributed by atoms with Crippen LogP contribution in [0.1, 0.15) is 56.2 Å². The van der Waals surface area contributed by atoms with Crippen molar-refractivity contribution in [3.8, 4) is 11.8 Å². The number of nitrogens with one attached hydrogen (secondary N) is 1. The minimum atomic E-state index is -2.91. The van der Waals surface area contributed by atoms with Gasteiger partial charge in [0, 0.05) is 24.0 Å². The lowest BCUT2D eigenvalue weighted by Gasteiger charge is -2.29. The van der Waals surface area contributed by atoms with Gasteiger partial charge in [-0.2, -0.15) is 14.0 Å². The van der Waals surface area contributed by atoms with E-state index < -0.39 is 18.6 Å². The number of benzene rings is 2. The standard InChI is InChI=1S/C25H27F2N3O3/c1-3-15(2)32-25(31)29-18-8-6-17(7-9-18)23-21(13-28)20-11-10-19(33-24(26)27)12-22(20)30(23)14-16-4-5-16/h6-12,15-16,21,23-24H,3-5,14H2,1-2H3,(H,29,31). The largest absolute Gasteiger partial charge is 0.446 e. The van der Waals surface area contributed by atoms with Crippen molar-refractivity contribution < 1.29 is 23.0 Å².